The Morgan fingerprint density at radius 3 is 2.87 bits per heavy atom. The summed E-state index contributed by atoms with van der Waals surface area (Å²) in [6.45, 7) is 4.20. The van der Waals surface area contributed by atoms with Crippen molar-refractivity contribution < 1.29 is 9.90 Å². The largest absolute Gasteiger partial charge is 0.389 e. The van der Waals surface area contributed by atoms with Gasteiger partial charge in [0.05, 0.1) is 17.8 Å². The third-order valence-electron chi connectivity index (χ3n) is 5.00. The molecule has 2 N–H and O–H groups in total. The molecule has 2 heterocycles. The zero-order valence-electron chi connectivity index (χ0n) is 13.7. The third-order valence-corrected chi connectivity index (χ3v) is 5.76. The molecule has 1 aliphatic carbocycles. The summed E-state index contributed by atoms with van der Waals surface area (Å²) >= 11 is 1.15. The van der Waals surface area contributed by atoms with Crippen molar-refractivity contribution in [2.75, 3.05) is 13.1 Å². The number of aliphatic hydroxyl groups is 1. The molecule has 0 aromatic carbocycles. The van der Waals surface area contributed by atoms with Crippen LogP contribution < -0.4 is 5.32 Å². The number of aryl methyl sites for hydroxylation is 1. The van der Waals surface area contributed by atoms with Gasteiger partial charge in [-0.2, -0.15) is 0 Å². The summed E-state index contributed by atoms with van der Waals surface area (Å²) in [7, 11) is 0. The van der Waals surface area contributed by atoms with Gasteiger partial charge in [-0.3, -0.25) is 9.69 Å². The maximum absolute atomic E-state index is 12.5. The summed E-state index contributed by atoms with van der Waals surface area (Å²) in [5.41, 5.74) is 0.774. The molecule has 0 unspecified atom stereocenters. The Bertz CT molecular complexity index is 530. The fourth-order valence-corrected chi connectivity index (χ4v) is 4.41. The van der Waals surface area contributed by atoms with E-state index in [0.29, 0.717) is 4.88 Å². The van der Waals surface area contributed by atoms with E-state index in [1.807, 2.05) is 0 Å². The van der Waals surface area contributed by atoms with Crippen molar-refractivity contribution in [2.45, 2.75) is 70.1 Å². The van der Waals surface area contributed by atoms with Gasteiger partial charge in [-0.1, -0.05) is 17.8 Å². The molecular formula is C16H26N4O2S. The molecule has 3 rings (SSSR count). The van der Waals surface area contributed by atoms with Gasteiger partial charge in [0, 0.05) is 6.04 Å². The summed E-state index contributed by atoms with van der Waals surface area (Å²) < 4.78 is 3.91. The average molecular weight is 338 g/mol. The maximum atomic E-state index is 12.5. The van der Waals surface area contributed by atoms with Gasteiger partial charge >= 0.3 is 0 Å². The molecular weight excluding hydrogens is 312 g/mol. The predicted octanol–water partition coefficient (Wildman–Crippen LogP) is 1.60. The van der Waals surface area contributed by atoms with Crippen molar-refractivity contribution >= 4 is 17.4 Å². The minimum absolute atomic E-state index is 0.130. The normalized spacial score (nSPS) is 28.9. The van der Waals surface area contributed by atoms with E-state index in [9.17, 15) is 9.90 Å². The van der Waals surface area contributed by atoms with Crippen LogP contribution in [0.3, 0.4) is 0 Å². The van der Waals surface area contributed by atoms with Crippen LogP contribution in [-0.4, -0.2) is 56.8 Å². The van der Waals surface area contributed by atoms with Gasteiger partial charge in [0.25, 0.3) is 5.91 Å². The summed E-state index contributed by atoms with van der Waals surface area (Å²) in [6.07, 6.45) is 6.56. The molecule has 23 heavy (non-hydrogen) atoms. The van der Waals surface area contributed by atoms with Gasteiger partial charge in [-0.25, -0.2) is 0 Å². The number of nitrogens with zero attached hydrogens (tertiary/aromatic N) is 3. The molecule has 1 saturated carbocycles. The first kappa shape index (κ1) is 16.8. The molecule has 0 bridgehead atoms. The Hall–Kier alpha value is -1.05. The zero-order chi connectivity index (χ0) is 16.2. The number of likely N-dealkylation sites (tertiary alicyclic amines) is 1. The molecule has 1 aromatic rings. The van der Waals surface area contributed by atoms with Gasteiger partial charge in [0.2, 0.25) is 0 Å². The number of carbonyl (C=O) groups is 1. The number of aliphatic hydroxyl groups excluding tert-OH is 1. The van der Waals surface area contributed by atoms with Gasteiger partial charge in [0.1, 0.15) is 4.88 Å². The summed E-state index contributed by atoms with van der Waals surface area (Å²) in [5, 5.41) is 17.8. The lowest BCUT2D eigenvalue weighted by molar-refractivity contribution is 0.00708. The van der Waals surface area contributed by atoms with Crippen molar-refractivity contribution in [3.63, 3.8) is 0 Å². The first-order chi connectivity index (χ1) is 11.2. The first-order valence-electron chi connectivity index (χ1n) is 8.75. The third kappa shape index (κ3) is 3.72. The Balaban J connectivity index is 1.64. The standard InChI is InChI=1S/C16H26N4O2S/c1-2-6-12-15(23-19-18-12)16(22)17-11-7-5-8-13(14(11)21)20-9-3-4-10-20/h11,13-14,21H,2-10H2,1H3,(H,17,22)/t11-,13-,14-/m1/s1. The smallest absolute Gasteiger partial charge is 0.265 e. The SMILES string of the molecule is CCCc1nnsc1C(=O)N[C@@H]1CCC[C@@H](N2CCCC2)[C@@H]1O. The van der Waals surface area contributed by atoms with Gasteiger partial charge in [-0.15, -0.1) is 5.10 Å². The Labute approximate surface area is 141 Å². The van der Waals surface area contributed by atoms with Crippen molar-refractivity contribution in [2.24, 2.45) is 0 Å². The number of rotatable bonds is 5. The molecule has 128 valence electrons. The molecule has 1 aromatic heterocycles. The molecule has 1 saturated heterocycles. The maximum Gasteiger partial charge on any atom is 0.265 e. The summed E-state index contributed by atoms with van der Waals surface area (Å²) in [5.74, 6) is -0.130. The molecule has 1 amide bonds. The van der Waals surface area contributed by atoms with Crippen LogP contribution in [0.25, 0.3) is 0 Å². The number of hydrogen-bond donors (Lipinski definition) is 2. The topological polar surface area (TPSA) is 78.4 Å². The van der Waals surface area contributed by atoms with Gasteiger partial charge in [-0.05, 0) is 63.1 Å². The average Bonchev–Trinajstić information content (AvgIpc) is 3.21. The van der Waals surface area contributed by atoms with E-state index in [0.717, 1.165) is 62.4 Å². The molecule has 7 heteroatoms. The van der Waals surface area contributed by atoms with Crippen LogP contribution in [0.5, 0.6) is 0 Å². The fraction of sp³-hybridized carbons (Fsp3) is 0.812. The summed E-state index contributed by atoms with van der Waals surface area (Å²) in [6, 6.07) is 0.0182. The van der Waals surface area contributed by atoms with Crippen LogP contribution in [0.15, 0.2) is 0 Å². The van der Waals surface area contributed by atoms with Crippen LogP contribution in [0, 0.1) is 0 Å². The highest BCUT2D eigenvalue weighted by atomic mass is 32.1. The Morgan fingerprint density at radius 1 is 1.35 bits per heavy atom. The van der Waals surface area contributed by atoms with Crippen molar-refractivity contribution in [1.82, 2.24) is 19.8 Å². The van der Waals surface area contributed by atoms with Crippen LogP contribution in [-0.2, 0) is 6.42 Å². The number of amides is 1. The molecule has 3 atom stereocenters. The van der Waals surface area contributed by atoms with Crippen LogP contribution >= 0.6 is 11.5 Å². The lowest BCUT2D eigenvalue weighted by Gasteiger charge is -2.40. The lowest BCUT2D eigenvalue weighted by atomic mass is 9.87. The molecule has 6 nitrogen and oxygen atoms in total. The quantitative estimate of drug-likeness (QED) is 0.852. The number of nitrogens with one attached hydrogen (secondary N) is 1. The van der Waals surface area contributed by atoms with Crippen molar-refractivity contribution in [3.05, 3.63) is 10.6 Å². The van der Waals surface area contributed by atoms with E-state index in [1.54, 1.807) is 0 Å². The molecule has 1 aliphatic heterocycles. The second-order valence-corrected chi connectivity index (χ2v) is 7.36. The predicted molar refractivity (Wildman–Crippen MR) is 89.6 cm³/mol. The van der Waals surface area contributed by atoms with E-state index in [4.69, 9.17) is 0 Å². The lowest BCUT2D eigenvalue weighted by Crippen LogP contribution is -2.56. The number of aromatic nitrogens is 2. The summed E-state index contributed by atoms with van der Waals surface area (Å²) in [4.78, 5) is 15.5. The second-order valence-electron chi connectivity index (χ2n) is 6.61. The van der Waals surface area contributed by atoms with E-state index < -0.39 is 6.10 Å². The van der Waals surface area contributed by atoms with Gasteiger partial charge in [0.15, 0.2) is 0 Å². The molecule has 2 fully saturated rings. The van der Waals surface area contributed by atoms with Crippen LogP contribution in [0.1, 0.15) is 60.8 Å². The molecule has 0 radical (unpaired) electrons. The number of hydrogen-bond acceptors (Lipinski definition) is 6. The zero-order valence-corrected chi connectivity index (χ0v) is 14.5. The van der Waals surface area contributed by atoms with Gasteiger partial charge < -0.3 is 10.4 Å². The van der Waals surface area contributed by atoms with Crippen molar-refractivity contribution in [1.29, 1.82) is 0 Å². The number of carbonyl (C=O) groups excluding carboxylic acids is 1. The highest BCUT2D eigenvalue weighted by Gasteiger charge is 2.37. The second kappa shape index (κ2) is 7.68. The Morgan fingerprint density at radius 2 is 2.13 bits per heavy atom. The minimum Gasteiger partial charge on any atom is -0.389 e. The van der Waals surface area contributed by atoms with Crippen molar-refractivity contribution in [3.8, 4) is 0 Å². The highest BCUT2D eigenvalue weighted by Crippen LogP contribution is 2.27. The monoisotopic (exact) mass is 338 g/mol. The van der Waals surface area contributed by atoms with E-state index in [-0.39, 0.29) is 18.0 Å². The van der Waals surface area contributed by atoms with Crippen LogP contribution in [0.4, 0.5) is 0 Å². The van der Waals surface area contributed by atoms with E-state index in [2.05, 4.69) is 26.7 Å². The molecule has 2 aliphatic rings. The molecule has 0 spiro atoms. The fourth-order valence-electron chi connectivity index (χ4n) is 3.80. The first-order valence-corrected chi connectivity index (χ1v) is 9.52. The highest BCUT2D eigenvalue weighted by molar-refractivity contribution is 7.08. The van der Waals surface area contributed by atoms with E-state index >= 15 is 0 Å². The van der Waals surface area contributed by atoms with E-state index in [1.165, 1.54) is 12.8 Å². The van der Waals surface area contributed by atoms with Crippen LogP contribution in [0.2, 0.25) is 0 Å². The Kier molecular flexibility index (Phi) is 5.61. The minimum atomic E-state index is -0.485.